The summed E-state index contributed by atoms with van der Waals surface area (Å²) in [7, 11) is 0. The van der Waals surface area contributed by atoms with Crippen molar-refractivity contribution in [1.82, 2.24) is 14.8 Å². The van der Waals surface area contributed by atoms with Gasteiger partial charge in [-0.3, -0.25) is 4.79 Å². The number of rotatable bonds is 3. The van der Waals surface area contributed by atoms with E-state index in [-0.39, 0.29) is 17.7 Å². The molecular formula is C17H18N4OS2. The first kappa shape index (κ1) is 15.8. The average molecular weight is 358 g/mol. The minimum absolute atomic E-state index is 0.135. The fourth-order valence-electron chi connectivity index (χ4n) is 3.38. The monoisotopic (exact) mass is 358 g/mol. The van der Waals surface area contributed by atoms with E-state index >= 15 is 0 Å². The molecule has 24 heavy (non-hydrogen) atoms. The van der Waals surface area contributed by atoms with E-state index in [0.29, 0.717) is 6.42 Å². The molecule has 1 aliphatic carbocycles. The van der Waals surface area contributed by atoms with Crippen molar-refractivity contribution >= 4 is 35.3 Å². The Balaban J connectivity index is 1.86. The molecule has 0 bridgehead atoms. The van der Waals surface area contributed by atoms with Gasteiger partial charge in [-0.05, 0) is 36.6 Å². The van der Waals surface area contributed by atoms with Crippen molar-refractivity contribution in [3.05, 3.63) is 41.6 Å². The van der Waals surface area contributed by atoms with Crippen LogP contribution in [-0.2, 0) is 4.79 Å². The van der Waals surface area contributed by atoms with E-state index in [1.807, 2.05) is 10.9 Å². The van der Waals surface area contributed by atoms with Gasteiger partial charge in [-0.1, -0.05) is 30.0 Å². The number of carbonyl (C=O) groups is 1. The molecule has 1 aromatic carbocycles. The van der Waals surface area contributed by atoms with Crippen molar-refractivity contribution in [3.63, 3.8) is 0 Å². The number of aromatic nitrogens is 3. The van der Waals surface area contributed by atoms with Gasteiger partial charge in [0.15, 0.2) is 0 Å². The highest BCUT2D eigenvalue weighted by Gasteiger charge is 2.41. The molecule has 0 spiro atoms. The molecule has 0 amide bonds. The van der Waals surface area contributed by atoms with Gasteiger partial charge >= 0.3 is 0 Å². The van der Waals surface area contributed by atoms with Crippen LogP contribution in [0.4, 0.5) is 5.95 Å². The standard InChI is InChI=1S/C17H18N4OS2/c1-23-11-8-6-10(7-9-11)15-14-12(4-3-5-13(14)22)18-16-19-17(24-2)20-21(15)16/h4,6-9,14-15H,3,5H2,1-2H3,(H,18,19,20)/t14-,15-/m0/s1. The van der Waals surface area contributed by atoms with E-state index in [1.165, 1.54) is 16.7 Å². The number of hydrogen-bond donors (Lipinski definition) is 1. The normalized spacial score (nSPS) is 22.4. The van der Waals surface area contributed by atoms with Crippen LogP contribution in [0.1, 0.15) is 24.4 Å². The zero-order valence-corrected chi connectivity index (χ0v) is 15.2. The Bertz CT molecular complexity index is 812. The molecule has 1 N–H and O–H groups in total. The van der Waals surface area contributed by atoms with Crippen LogP contribution < -0.4 is 5.32 Å². The molecule has 0 fully saturated rings. The lowest BCUT2D eigenvalue weighted by Gasteiger charge is -2.36. The number of thioether (sulfide) groups is 2. The van der Waals surface area contributed by atoms with Crippen LogP contribution in [0.3, 0.4) is 0 Å². The molecule has 0 saturated carbocycles. The topological polar surface area (TPSA) is 59.8 Å². The summed E-state index contributed by atoms with van der Waals surface area (Å²) in [5.41, 5.74) is 2.07. The second-order valence-electron chi connectivity index (χ2n) is 5.85. The van der Waals surface area contributed by atoms with Crippen molar-refractivity contribution in [2.45, 2.75) is 28.9 Å². The molecule has 1 aliphatic heterocycles. The minimum atomic E-state index is -0.206. The van der Waals surface area contributed by atoms with Crippen molar-refractivity contribution in [3.8, 4) is 0 Å². The zero-order valence-electron chi connectivity index (χ0n) is 13.5. The maximum atomic E-state index is 12.7. The third kappa shape index (κ3) is 2.56. The van der Waals surface area contributed by atoms with Crippen LogP contribution in [0, 0.1) is 5.92 Å². The number of carbonyl (C=O) groups excluding carboxylic acids is 1. The van der Waals surface area contributed by atoms with Gasteiger partial charge in [0.2, 0.25) is 11.1 Å². The van der Waals surface area contributed by atoms with E-state index in [2.05, 4.69) is 52.0 Å². The highest BCUT2D eigenvalue weighted by Crippen LogP contribution is 2.41. The van der Waals surface area contributed by atoms with Crippen LogP contribution in [0.15, 0.2) is 46.1 Å². The van der Waals surface area contributed by atoms with Crippen LogP contribution in [0.5, 0.6) is 0 Å². The van der Waals surface area contributed by atoms with Crippen molar-refractivity contribution in [2.75, 3.05) is 17.8 Å². The number of allylic oxidation sites excluding steroid dienone is 2. The molecule has 4 rings (SSSR count). The number of hydrogen-bond acceptors (Lipinski definition) is 6. The average Bonchev–Trinajstić information content (AvgIpc) is 3.03. The van der Waals surface area contributed by atoms with E-state index in [0.717, 1.165) is 28.8 Å². The quantitative estimate of drug-likeness (QED) is 0.846. The van der Waals surface area contributed by atoms with Gasteiger partial charge in [-0.2, -0.15) is 4.98 Å². The summed E-state index contributed by atoms with van der Waals surface area (Å²) in [4.78, 5) is 18.4. The van der Waals surface area contributed by atoms with Gasteiger partial charge in [-0.25, -0.2) is 4.68 Å². The molecule has 0 saturated heterocycles. The molecule has 2 heterocycles. The maximum absolute atomic E-state index is 12.7. The molecule has 2 atom stereocenters. The highest BCUT2D eigenvalue weighted by atomic mass is 32.2. The van der Waals surface area contributed by atoms with Crippen LogP contribution in [0.2, 0.25) is 0 Å². The Hall–Kier alpha value is -1.73. The molecule has 124 valence electrons. The van der Waals surface area contributed by atoms with Crippen LogP contribution in [-0.4, -0.2) is 33.1 Å². The second kappa shape index (κ2) is 6.29. The van der Waals surface area contributed by atoms with E-state index in [9.17, 15) is 4.79 Å². The van der Waals surface area contributed by atoms with Crippen molar-refractivity contribution in [2.24, 2.45) is 5.92 Å². The first-order chi connectivity index (χ1) is 11.7. The van der Waals surface area contributed by atoms with Gasteiger partial charge in [0.1, 0.15) is 5.78 Å². The number of ketones is 1. The molecule has 1 aromatic heterocycles. The SMILES string of the molecule is CSc1ccc([C@H]2[C@@H]3C(=O)CCC=C3Nc3nc(SC)nn32)cc1. The summed E-state index contributed by atoms with van der Waals surface area (Å²) in [6, 6.07) is 8.27. The van der Waals surface area contributed by atoms with Crippen molar-refractivity contribution in [1.29, 1.82) is 0 Å². The minimum Gasteiger partial charge on any atom is -0.328 e. The van der Waals surface area contributed by atoms with Crippen molar-refractivity contribution < 1.29 is 4.79 Å². The number of anilines is 1. The molecule has 0 radical (unpaired) electrons. The summed E-state index contributed by atoms with van der Waals surface area (Å²) in [6.07, 6.45) is 7.53. The zero-order chi connectivity index (χ0) is 16.7. The van der Waals surface area contributed by atoms with Gasteiger partial charge in [-0.15, -0.1) is 16.9 Å². The molecule has 7 heteroatoms. The molecule has 5 nitrogen and oxygen atoms in total. The Morgan fingerprint density at radius 3 is 2.71 bits per heavy atom. The van der Waals surface area contributed by atoms with Gasteiger partial charge in [0, 0.05) is 17.0 Å². The number of fused-ring (bicyclic) bond motifs is 2. The summed E-state index contributed by atoms with van der Waals surface area (Å²) in [5.74, 6) is 0.782. The lowest BCUT2D eigenvalue weighted by Crippen LogP contribution is -2.38. The van der Waals surface area contributed by atoms with E-state index in [1.54, 1.807) is 11.8 Å². The predicted molar refractivity (Wildman–Crippen MR) is 97.6 cm³/mol. The lowest BCUT2D eigenvalue weighted by atomic mass is 9.81. The highest BCUT2D eigenvalue weighted by molar-refractivity contribution is 7.98. The van der Waals surface area contributed by atoms with Crippen LogP contribution >= 0.6 is 23.5 Å². The number of nitrogens with zero attached hydrogens (tertiary/aromatic N) is 3. The first-order valence-electron chi connectivity index (χ1n) is 7.85. The Morgan fingerprint density at radius 1 is 1.21 bits per heavy atom. The third-order valence-electron chi connectivity index (χ3n) is 4.52. The predicted octanol–water partition coefficient (Wildman–Crippen LogP) is 3.60. The van der Waals surface area contributed by atoms with Crippen LogP contribution in [0.25, 0.3) is 0 Å². The van der Waals surface area contributed by atoms with Gasteiger partial charge < -0.3 is 5.32 Å². The third-order valence-corrected chi connectivity index (χ3v) is 5.81. The second-order valence-corrected chi connectivity index (χ2v) is 7.50. The molecule has 0 unspecified atom stereocenters. The fourth-order valence-corrected chi connectivity index (χ4v) is 4.13. The Labute approximate surface area is 149 Å². The molecular weight excluding hydrogens is 340 g/mol. The largest absolute Gasteiger partial charge is 0.328 e. The van der Waals surface area contributed by atoms with E-state index in [4.69, 9.17) is 0 Å². The van der Waals surface area contributed by atoms with E-state index < -0.39 is 0 Å². The smallest absolute Gasteiger partial charge is 0.227 e. The van der Waals surface area contributed by atoms with Gasteiger partial charge in [0.25, 0.3) is 0 Å². The lowest BCUT2D eigenvalue weighted by molar-refractivity contribution is -0.123. The first-order valence-corrected chi connectivity index (χ1v) is 10.3. The van der Waals surface area contributed by atoms with Gasteiger partial charge in [0.05, 0.1) is 12.0 Å². The fraction of sp³-hybridized carbons (Fsp3) is 0.353. The Kier molecular flexibility index (Phi) is 4.14. The maximum Gasteiger partial charge on any atom is 0.227 e. The molecule has 2 aromatic rings. The summed E-state index contributed by atoms with van der Waals surface area (Å²) >= 11 is 3.22. The Morgan fingerprint density at radius 2 is 2.00 bits per heavy atom. The number of benzene rings is 1. The number of nitrogens with one attached hydrogen (secondary N) is 1. The summed E-state index contributed by atoms with van der Waals surface area (Å²) in [6.45, 7) is 0. The number of Topliss-reactive ketones (excluding diaryl/α,β-unsaturated/α-hetero) is 1. The summed E-state index contributed by atoms with van der Waals surface area (Å²) in [5, 5.41) is 8.65. The molecule has 2 aliphatic rings. The summed E-state index contributed by atoms with van der Waals surface area (Å²) < 4.78 is 1.88.